The molecule has 10 rings (SSSR count). The summed E-state index contributed by atoms with van der Waals surface area (Å²) in [4.78, 5) is 60.4. The standard InChI is InChI=1S/C48H54F2N8O5/c1-24(2)39(56-46(62)63-5)44(60)55-40(25(3)4)45(61)57-22-47(14-15-47)20-38(57)42-51-21-37(54-42)28-8-12-32-31-11-7-26(17-33(31)48(49,50)34(32)18-28)27-9-13-35-36(19-27)53-43(52-35)41-29-6-10-30(16-29)58(41)23-59/h7-9,11-13,17-19,21,24-25,29-30,38-41,59H,6,10,14-16,20,22-23H2,1-5H3,(H,51,54)(H,52,53)(H,55,60)(H,56,62). The summed E-state index contributed by atoms with van der Waals surface area (Å²) in [6.45, 7) is 7.86. The monoisotopic (exact) mass is 860 g/mol. The molecule has 5 aromatic rings. The van der Waals surface area contributed by atoms with E-state index >= 15 is 8.78 Å². The van der Waals surface area contributed by atoms with E-state index in [9.17, 15) is 19.5 Å². The molecule has 15 heteroatoms. The molecule has 6 unspecified atom stereocenters. The number of carbonyl (C=O) groups excluding carboxylic acids is 3. The number of hydrogen-bond donors (Lipinski definition) is 5. The number of imidazole rings is 2. The maximum atomic E-state index is 16.6. The van der Waals surface area contributed by atoms with Gasteiger partial charge in [0.1, 0.15) is 23.7 Å². The normalized spacial score (nSPS) is 23.7. The SMILES string of the molecule is COC(=O)NC(C(=O)NC(C(=O)N1CC2(CC2)CC1c1ncc(-c2ccc3c(c2)C(F)(F)c2cc(-c4ccc5nc(C6C7CCC(C7)N6CO)[nH]c5c4)ccc2-3)[nH]1)C(C)C)C(C)C. The third-order valence-electron chi connectivity index (χ3n) is 14.6. The minimum atomic E-state index is -3.26. The van der Waals surface area contributed by atoms with Crippen molar-refractivity contribution < 1.29 is 33.0 Å². The van der Waals surface area contributed by atoms with Gasteiger partial charge in [0.25, 0.3) is 5.92 Å². The molecule has 3 aromatic carbocycles. The lowest BCUT2D eigenvalue weighted by Crippen LogP contribution is -2.57. The topological polar surface area (TPSA) is 169 Å². The number of ether oxygens (including phenoxy) is 1. The van der Waals surface area contributed by atoms with Gasteiger partial charge in [0.2, 0.25) is 11.8 Å². The van der Waals surface area contributed by atoms with Crippen molar-refractivity contribution in [3.05, 3.63) is 83.6 Å². The smallest absolute Gasteiger partial charge is 0.407 e. The van der Waals surface area contributed by atoms with Gasteiger partial charge in [-0.15, -0.1) is 0 Å². The Labute approximate surface area is 364 Å². The van der Waals surface area contributed by atoms with Crippen LogP contribution in [0.15, 0.2) is 60.8 Å². The van der Waals surface area contributed by atoms with Crippen molar-refractivity contribution in [2.45, 2.75) is 102 Å². The first-order valence-corrected chi connectivity index (χ1v) is 22.2. The summed E-state index contributed by atoms with van der Waals surface area (Å²) < 4.78 is 38.0. The highest BCUT2D eigenvalue weighted by atomic mass is 19.3. The van der Waals surface area contributed by atoms with Crippen LogP contribution in [0.1, 0.15) is 101 Å². The number of carbonyl (C=O) groups is 3. The summed E-state index contributed by atoms with van der Waals surface area (Å²) in [6, 6.07) is 14.4. The third kappa shape index (κ3) is 6.98. The summed E-state index contributed by atoms with van der Waals surface area (Å²) in [5.41, 5.74) is 5.03. The molecule has 4 fully saturated rings. The van der Waals surface area contributed by atoms with Crippen LogP contribution in [0, 0.1) is 23.2 Å². The van der Waals surface area contributed by atoms with Crippen LogP contribution in [-0.2, 0) is 20.2 Å². The van der Waals surface area contributed by atoms with E-state index in [4.69, 9.17) is 14.7 Å². The van der Waals surface area contributed by atoms with Crippen molar-refractivity contribution in [1.82, 2.24) is 40.4 Å². The number of alkyl carbamates (subject to hydrolysis) is 1. The second kappa shape index (κ2) is 15.3. The van der Waals surface area contributed by atoms with Gasteiger partial charge in [0, 0.05) is 29.3 Å². The van der Waals surface area contributed by atoms with Gasteiger partial charge in [-0.3, -0.25) is 14.5 Å². The second-order valence-electron chi connectivity index (χ2n) is 19.2. The number of likely N-dealkylation sites (tertiary alicyclic amines) is 2. The zero-order valence-corrected chi connectivity index (χ0v) is 36.2. The molecule has 63 heavy (non-hydrogen) atoms. The number of nitrogens with zero attached hydrogens (tertiary/aromatic N) is 4. The third-order valence-corrected chi connectivity index (χ3v) is 14.6. The molecule has 3 aliphatic carbocycles. The highest BCUT2D eigenvalue weighted by Gasteiger charge is 2.55. The fourth-order valence-corrected chi connectivity index (χ4v) is 11.0. The van der Waals surface area contributed by atoms with Crippen molar-refractivity contribution in [2.24, 2.45) is 23.2 Å². The van der Waals surface area contributed by atoms with E-state index < -0.39 is 36.0 Å². The van der Waals surface area contributed by atoms with E-state index in [1.165, 1.54) is 13.2 Å². The molecule has 2 bridgehead atoms. The average Bonchev–Trinajstić information content (AvgIpc) is 3.92. The van der Waals surface area contributed by atoms with Crippen molar-refractivity contribution in [1.29, 1.82) is 0 Å². The molecule has 330 valence electrons. The van der Waals surface area contributed by atoms with Gasteiger partial charge in [-0.25, -0.2) is 14.8 Å². The Balaban J connectivity index is 0.884. The number of aliphatic hydroxyl groups is 1. The number of benzene rings is 3. The number of H-pyrrole nitrogens is 2. The number of rotatable bonds is 11. The quantitative estimate of drug-likeness (QED) is 0.0897. The number of hydrogen-bond acceptors (Lipinski definition) is 8. The van der Waals surface area contributed by atoms with Crippen LogP contribution in [0.2, 0.25) is 0 Å². The number of fused-ring (bicyclic) bond motifs is 6. The van der Waals surface area contributed by atoms with E-state index in [1.54, 1.807) is 43.1 Å². The number of methoxy groups -OCH3 is 1. The number of alkyl halides is 2. The lowest BCUT2D eigenvalue weighted by molar-refractivity contribution is -0.139. The Bertz CT molecular complexity index is 2640. The minimum absolute atomic E-state index is 0.00473. The van der Waals surface area contributed by atoms with Gasteiger partial charge in [-0.2, -0.15) is 8.78 Å². The fraction of sp³-hybridized carbons (Fsp3) is 0.479. The maximum Gasteiger partial charge on any atom is 0.407 e. The molecule has 5 aliphatic rings. The maximum absolute atomic E-state index is 16.6. The number of halogens is 2. The van der Waals surface area contributed by atoms with Gasteiger partial charge in [-0.05, 0) is 108 Å². The first-order valence-electron chi connectivity index (χ1n) is 22.2. The Morgan fingerprint density at radius 1 is 0.889 bits per heavy atom. The molecule has 6 atom stereocenters. The van der Waals surface area contributed by atoms with E-state index in [-0.39, 0.29) is 47.1 Å². The zero-order chi connectivity index (χ0) is 44.1. The van der Waals surface area contributed by atoms with Gasteiger partial charge >= 0.3 is 6.09 Å². The summed E-state index contributed by atoms with van der Waals surface area (Å²) >= 11 is 0. The van der Waals surface area contributed by atoms with Crippen LogP contribution in [0.4, 0.5) is 13.6 Å². The molecule has 2 aliphatic heterocycles. The van der Waals surface area contributed by atoms with Crippen LogP contribution in [0.3, 0.4) is 0 Å². The summed E-state index contributed by atoms with van der Waals surface area (Å²) in [7, 11) is 1.23. The van der Waals surface area contributed by atoms with Gasteiger partial charge in [0.15, 0.2) is 0 Å². The van der Waals surface area contributed by atoms with Gasteiger partial charge in [-0.1, -0.05) is 58.0 Å². The first kappa shape index (κ1) is 41.3. The number of piperidine rings is 1. The fourth-order valence-electron chi connectivity index (χ4n) is 11.0. The molecule has 4 heterocycles. The lowest BCUT2D eigenvalue weighted by atomic mass is 9.98. The molecule has 13 nitrogen and oxygen atoms in total. The van der Waals surface area contributed by atoms with Crippen molar-refractivity contribution in [3.63, 3.8) is 0 Å². The molecule has 1 spiro atoms. The van der Waals surface area contributed by atoms with E-state index in [2.05, 4.69) is 25.5 Å². The highest BCUT2D eigenvalue weighted by Crippen LogP contribution is 2.59. The lowest BCUT2D eigenvalue weighted by Gasteiger charge is -2.32. The molecular weight excluding hydrogens is 807 g/mol. The number of nitrogens with one attached hydrogen (secondary N) is 4. The molecule has 0 radical (unpaired) electrons. The second-order valence-corrected chi connectivity index (χ2v) is 19.2. The van der Waals surface area contributed by atoms with Crippen molar-refractivity contribution in [2.75, 3.05) is 20.4 Å². The van der Waals surface area contributed by atoms with Gasteiger partial charge < -0.3 is 35.3 Å². The average molecular weight is 861 g/mol. The van der Waals surface area contributed by atoms with E-state index in [1.807, 2.05) is 44.2 Å². The summed E-state index contributed by atoms with van der Waals surface area (Å²) in [5, 5.41) is 15.6. The number of aliphatic hydroxyl groups excluding tert-OH is 1. The molecule has 2 aromatic heterocycles. The largest absolute Gasteiger partial charge is 0.453 e. The predicted octanol–water partition coefficient (Wildman–Crippen LogP) is 7.79. The molecule has 5 N–H and O–H groups in total. The molecule has 2 saturated heterocycles. The van der Waals surface area contributed by atoms with Crippen LogP contribution >= 0.6 is 0 Å². The molecular formula is C48H54F2N8O5. The first-order chi connectivity index (χ1) is 30.2. The van der Waals surface area contributed by atoms with Crippen LogP contribution < -0.4 is 10.6 Å². The predicted molar refractivity (Wildman–Crippen MR) is 232 cm³/mol. The zero-order valence-electron chi connectivity index (χ0n) is 36.2. The highest BCUT2D eigenvalue weighted by molar-refractivity contribution is 5.92. The van der Waals surface area contributed by atoms with Crippen molar-refractivity contribution in [3.8, 4) is 33.5 Å². The minimum Gasteiger partial charge on any atom is -0.453 e. The van der Waals surface area contributed by atoms with Crippen molar-refractivity contribution >= 4 is 28.9 Å². The Hall–Kier alpha value is -5.67. The van der Waals surface area contributed by atoms with Gasteiger partial charge in [0.05, 0.1) is 48.8 Å². The summed E-state index contributed by atoms with van der Waals surface area (Å²) in [6.07, 6.45) is 6.83. The number of amides is 3. The molecule has 2 saturated carbocycles. The Kier molecular flexibility index (Phi) is 10.0. The number of aromatic amines is 2. The van der Waals surface area contributed by atoms with Crippen LogP contribution in [-0.4, -0.2) is 91.3 Å². The van der Waals surface area contributed by atoms with Crippen LogP contribution in [0.5, 0.6) is 0 Å². The number of aromatic nitrogens is 4. The summed E-state index contributed by atoms with van der Waals surface area (Å²) in [5.74, 6) is -2.63. The Morgan fingerprint density at radius 3 is 2.25 bits per heavy atom. The Morgan fingerprint density at radius 2 is 1.57 bits per heavy atom. The van der Waals surface area contributed by atoms with E-state index in [0.717, 1.165) is 54.5 Å². The van der Waals surface area contributed by atoms with Crippen LogP contribution in [0.25, 0.3) is 44.5 Å². The molecule has 3 amide bonds. The van der Waals surface area contributed by atoms with E-state index in [0.29, 0.717) is 58.7 Å².